The first-order valence-corrected chi connectivity index (χ1v) is 8.16. The van der Waals surface area contributed by atoms with Crippen LogP contribution >= 0.6 is 35.0 Å². The Morgan fingerprint density at radius 2 is 2.10 bits per heavy atom. The van der Waals surface area contributed by atoms with Crippen molar-refractivity contribution in [3.05, 3.63) is 23.2 Å². The van der Waals surface area contributed by atoms with Crippen molar-refractivity contribution >= 4 is 51.9 Å². The minimum Gasteiger partial charge on any atom is -0.290 e. The van der Waals surface area contributed by atoms with E-state index in [1.54, 1.807) is 18.8 Å². The second-order valence-corrected chi connectivity index (χ2v) is 6.17. The van der Waals surface area contributed by atoms with Crippen molar-refractivity contribution in [1.29, 1.82) is 0 Å². The minimum absolute atomic E-state index is 0.540. The van der Waals surface area contributed by atoms with Crippen molar-refractivity contribution in [1.82, 2.24) is 4.90 Å². The number of amidine groups is 1. The summed E-state index contributed by atoms with van der Waals surface area (Å²) >= 11 is 13.4. The Morgan fingerprint density at radius 3 is 2.60 bits per heavy atom. The van der Waals surface area contributed by atoms with Crippen LogP contribution in [0.1, 0.15) is 26.7 Å². The van der Waals surface area contributed by atoms with Gasteiger partial charge in [-0.25, -0.2) is 4.99 Å². The molecule has 0 saturated heterocycles. The van der Waals surface area contributed by atoms with E-state index in [0.717, 1.165) is 22.8 Å². The van der Waals surface area contributed by atoms with Gasteiger partial charge in [-0.05, 0) is 42.0 Å². The van der Waals surface area contributed by atoms with Gasteiger partial charge in [0.15, 0.2) is 0 Å². The highest BCUT2D eigenvalue weighted by Gasteiger charge is 2.12. The third kappa shape index (κ3) is 5.00. The molecule has 0 atom stereocenters. The number of aliphatic imine (C=N–C) groups is 1. The molecule has 0 aliphatic carbocycles. The van der Waals surface area contributed by atoms with E-state index in [0.29, 0.717) is 17.3 Å². The molecule has 1 rings (SSSR count). The van der Waals surface area contributed by atoms with Crippen LogP contribution in [0.2, 0.25) is 5.02 Å². The third-order valence-corrected chi connectivity index (χ3v) is 4.23. The highest BCUT2D eigenvalue weighted by atomic mass is 35.5. The largest absolute Gasteiger partial charge is 0.321 e. The lowest BCUT2D eigenvalue weighted by molar-refractivity contribution is 0.247. The fraction of sp³-hybridized carbons (Fsp3) is 0.429. The molecular formula is C14H18Cl2N2OS. The third-order valence-electron chi connectivity index (χ3n) is 2.60. The Balaban J connectivity index is 3.05. The van der Waals surface area contributed by atoms with E-state index in [1.165, 1.54) is 4.90 Å². The molecule has 0 aliphatic rings. The van der Waals surface area contributed by atoms with Gasteiger partial charge in [0.25, 0.3) is 0 Å². The molecule has 1 amide bonds. The highest BCUT2D eigenvalue weighted by Crippen LogP contribution is 2.30. The van der Waals surface area contributed by atoms with Crippen LogP contribution in [0.25, 0.3) is 0 Å². The van der Waals surface area contributed by atoms with Crippen molar-refractivity contribution < 1.29 is 4.79 Å². The Hall–Kier alpha value is -0.710. The SMILES string of the molecule is CCCC(=Nc1ccc(SCC)c(Cl)c1)N(C)C(=O)Cl. The normalized spacial score (nSPS) is 11.6. The second kappa shape index (κ2) is 8.55. The molecule has 6 heteroatoms. The monoisotopic (exact) mass is 332 g/mol. The lowest BCUT2D eigenvalue weighted by atomic mass is 10.3. The van der Waals surface area contributed by atoms with E-state index in [-0.39, 0.29) is 0 Å². The molecule has 0 aliphatic heterocycles. The predicted octanol–water partition coefficient (Wildman–Crippen LogP) is 5.57. The van der Waals surface area contributed by atoms with E-state index in [9.17, 15) is 4.79 Å². The molecule has 0 saturated carbocycles. The van der Waals surface area contributed by atoms with E-state index < -0.39 is 5.37 Å². The predicted molar refractivity (Wildman–Crippen MR) is 88.9 cm³/mol. The zero-order chi connectivity index (χ0) is 15.1. The molecule has 0 unspecified atom stereocenters. The van der Waals surface area contributed by atoms with Gasteiger partial charge in [0.05, 0.1) is 10.7 Å². The van der Waals surface area contributed by atoms with Crippen LogP contribution in [0.15, 0.2) is 28.1 Å². The highest BCUT2D eigenvalue weighted by molar-refractivity contribution is 7.99. The molecule has 0 aromatic heterocycles. The summed E-state index contributed by atoms with van der Waals surface area (Å²) in [6.07, 6.45) is 1.56. The van der Waals surface area contributed by atoms with Crippen LogP contribution in [0.3, 0.4) is 0 Å². The van der Waals surface area contributed by atoms with Crippen LogP contribution in [0.5, 0.6) is 0 Å². The zero-order valence-corrected chi connectivity index (χ0v) is 14.1. The van der Waals surface area contributed by atoms with E-state index in [2.05, 4.69) is 11.9 Å². The van der Waals surface area contributed by atoms with E-state index >= 15 is 0 Å². The standard InChI is InChI=1S/C14H18Cl2N2OS/c1-4-6-13(18(3)14(16)19)17-10-7-8-12(20-5-2)11(15)9-10/h7-9H,4-6H2,1-3H3. The smallest absolute Gasteiger partial charge is 0.290 e. The van der Waals surface area contributed by atoms with Crippen molar-refractivity contribution in [2.24, 2.45) is 4.99 Å². The van der Waals surface area contributed by atoms with Crippen molar-refractivity contribution in [2.45, 2.75) is 31.6 Å². The van der Waals surface area contributed by atoms with Crippen LogP contribution in [-0.4, -0.2) is 28.9 Å². The summed E-state index contributed by atoms with van der Waals surface area (Å²) in [6.45, 7) is 4.10. The molecule has 1 aromatic rings. The lowest BCUT2D eigenvalue weighted by Crippen LogP contribution is -2.28. The minimum atomic E-state index is -0.540. The molecule has 0 spiro atoms. The topological polar surface area (TPSA) is 32.7 Å². The number of halogens is 2. The maximum atomic E-state index is 11.2. The summed E-state index contributed by atoms with van der Waals surface area (Å²) in [5.74, 6) is 1.60. The van der Waals surface area contributed by atoms with Crippen LogP contribution < -0.4 is 0 Å². The lowest BCUT2D eigenvalue weighted by Gasteiger charge is -2.16. The number of rotatable bonds is 5. The molecule has 3 nitrogen and oxygen atoms in total. The summed E-state index contributed by atoms with van der Waals surface area (Å²) in [6, 6.07) is 5.65. The fourth-order valence-corrected chi connectivity index (χ4v) is 2.71. The molecule has 0 fully saturated rings. The summed E-state index contributed by atoms with van der Waals surface area (Å²) in [5, 5.41) is 0.134. The van der Waals surface area contributed by atoms with Crippen LogP contribution in [0, 0.1) is 0 Å². The second-order valence-electron chi connectivity index (χ2n) is 4.14. The summed E-state index contributed by atoms with van der Waals surface area (Å²) in [4.78, 5) is 18.1. The number of hydrogen-bond acceptors (Lipinski definition) is 3. The first kappa shape index (κ1) is 17.3. The van der Waals surface area contributed by atoms with Gasteiger partial charge in [-0.2, -0.15) is 0 Å². The van der Waals surface area contributed by atoms with Gasteiger partial charge in [-0.15, -0.1) is 11.8 Å². The van der Waals surface area contributed by atoms with E-state index in [1.807, 2.05) is 25.1 Å². The molecule has 110 valence electrons. The Kier molecular flexibility index (Phi) is 7.41. The average Bonchev–Trinajstić information content (AvgIpc) is 2.40. The molecular weight excluding hydrogens is 315 g/mol. The summed E-state index contributed by atoms with van der Waals surface area (Å²) in [5.41, 5.74) is 0.726. The Morgan fingerprint density at radius 1 is 1.40 bits per heavy atom. The molecule has 0 N–H and O–H groups in total. The van der Waals surface area contributed by atoms with Crippen molar-refractivity contribution in [2.75, 3.05) is 12.8 Å². The fourth-order valence-electron chi connectivity index (χ4n) is 1.60. The molecule has 1 aromatic carbocycles. The van der Waals surface area contributed by atoms with Gasteiger partial charge in [-0.3, -0.25) is 9.69 Å². The number of hydrogen-bond donors (Lipinski definition) is 0. The van der Waals surface area contributed by atoms with Gasteiger partial charge >= 0.3 is 5.37 Å². The zero-order valence-electron chi connectivity index (χ0n) is 11.8. The van der Waals surface area contributed by atoms with Crippen molar-refractivity contribution in [3.63, 3.8) is 0 Å². The maximum Gasteiger partial charge on any atom is 0.321 e. The number of carbonyl (C=O) groups excluding carboxylic acids is 1. The van der Waals surface area contributed by atoms with Gasteiger partial charge in [-0.1, -0.05) is 25.4 Å². The van der Waals surface area contributed by atoms with E-state index in [4.69, 9.17) is 23.2 Å². The molecule has 0 radical (unpaired) electrons. The first-order chi connectivity index (χ1) is 9.49. The first-order valence-electron chi connectivity index (χ1n) is 6.42. The maximum absolute atomic E-state index is 11.2. The molecule has 0 heterocycles. The van der Waals surface area contributed by atoms with Crippen LogP contribution in [-0.2, 0) is 0 Å². The van der Waals surface area contributed by atoms with Gasteiger partial charge in [0.2, 0.25) is 0 Å². The van der Waals surface area contributed by atoms with Gasteiger partial charge < -0.3 is 0 Å². The summed E-state index contributed by atoms with van der Waals surface area (Å²) < 4.78 is 0. The molecule has 0 bridgehead atoms. The van der Waals surface area contributed by atoms with Gasteiger partial charge in [0.1, 0.15) is 5.84 Å². The van der Waals surface area contributed by atoms with Crippen LogP contribution in [0.4, 0.5) is 10.5 Å². The van der Waals surface area contributed by atoms with Gasteiger partial charge in [0, 0.05) is 18.4 Å². The number of amides is 1. The average molecular weight is 333 g/mol. The Bertz CT molecular complexity index is 506. The number of nitrogens with zero attached hydrogens (tertiary/aromatic N) is 2. The quantitative estimate of drug-likeness (QED) is 0.232. The number of thioether (sulfide) groups is 1. The number of carbonyl (C=O) groups is 1. The molecule has 20 heavy (non-hydrogen) atoms. The number of benzene rings is 1. The Labute approximate surface area is 134 Å². The summed E-state index contributed by atoms with van der Waals surface area (Å²) in [7, 11) is 1.62. The van der Waals surface area contributed by atoms with Crippen molar-refractivity contribution in [3.8, 4) is 0 Å².